The van der Waals surface area contributed by atoms with Crippen LogP contribution in [0.25, 0.3) is 0 Å². The van der Waals surface area contributed by atoms with Gasteiger partial charge >= 0.3 is 5.97 Å². The maximum absolute atomic E-state index is 11.6. The van der Waals surface area contributed by atoms with Gasteiger partial charge in [0.2, 0.25) is 0 Å². The zero-order valence-corrected chi connectivity index (χ0v) is 11.8. The maximum atomic E-state index is 11.6. The summed E-state index contributed by atoms with van der Waals surface area (Å²) in [6.07, 6.45) is 1.56. The highest BCUT2D eigenvalue weighted by molar-refractivity contribution is 5.97. The molecule has 0 aromatic carbocycles. The van der Waals surface area contributed by atoms with E-state index in [1.165, 1.54) is 7.11 Å². The predicted molar refractivity (Wildman–Crippen MR) is 74.3 cm³/mol. The van der Waals surface area contributed by atoms with Gasteiger partial charge in [-0.1, -0.05) is 0 Å². The van der Waals surface area contributed by atoms with E-state index >= 15 is 0 Å². The highest BCUT2D eigenvalue weighted by Gasteiger charge is 2.19. The minimum atomic E-state index is -0.461. The zero-order valence-electron chi connectivity index (χ0n) is 11.8. The van der Waals surface area contributed by atoms with E-state index < -0.39 is 5.97 Å². The van der Waals surface area contributed by atoms with E-state index in [-0.39, 0.29) is 6.04 Å². The van der Waals surface area contributed by atoms with Gasteiger partial charge in [-0.05, 0) is 19.9 Å². The van der Waals surface area contributed by atoms with E-state index in [9.17, 15) is 4.79 Å². The highest BCUT2D eigenvalue weighted by atomic mass is 16.5. The van der Waals surface area contributed by atoms with Crippen molar-refractivity contribution in [2.75, 3.05) is 38.0 Å². The molecule has 2 N–H and O–H groups in total. The molecule has 0 atom stereocenters. The molecule has 0 aliphatic carbocycles. The number of methoxy groups -OCH3 is 2. The number of aromatic nitrogens is 1. The van der Waals surface area contributed by atoms with Gasteiger partial charge in [-0.2, -0.15) is 0 Å². The van der Waals surface area contributed by atoms with Crippen LogP contribution in [-0.2, 0) is 9.47 Å². The fourth-order valence-corrected chi connectivity index (χ4v) is 1.78. The Morgan fingerprint density at radius 3 is 2.68 bits per heavy atom. The van der Waals surface area contributed by atoms with E-state index in [2.05, 4.69) is 4.98 Å². The average Bonchev–Trinajstić information content (AvgIpc) is 2.39. The van der Waals surface area contributed by atoms with E-state index in [1.54, 1.807) is 19.4 Å². The number of ether oxygens (including phenoxy) is 2. The van der Waals surface area contributed by atoms with Crippen LogP contribution in [0.2, 0.25) is 0 Å². The van der Waals surface area contributed by atoms with Crippen molar-refractivity contribution in [2.45, 2.75) is 19.9 Å². The lowest BCUT2D eigenvalue weighted by atomic mass is 10.2. The number of carbonyl (C=O) groups is 1. The molecular formula is C13H21N3O3. The normalized spacial score (nSPS) is 10.6. The molecule has 0 aliphatic heterocycles. The number of nitrogen functional groups attached to an aromatic ring is 1. The number of pyridine rings is 1. The summed E-state index contributed by atoms with van der Waals surface area (Å²) in [6, 6.07) is 1.75. The van der Waals surface area contributed by atoms with Crippen molar-refractivity contribution in [3.63, 3.8) is 0 Å². The standard InChI is InChI=1S/C13H21N3O3/c1-9(2)16(7-8-18-3)12-11(14)10(5-6-15-12)13(17)19-4/h5-6,9H,7-8,14H2,1-4H3. The topological polar surface area (TPSA) is 77.7 Å². The SMILES string of the molecule is COCCN(c1nccc(C(=O)OC)c1N)C(C)C. The molecule has 0 spiro atoms. The zero-order chi connectivity index (χ0) is 14.4. The molecular weight excluding hydrogens is 246 g/mol. The van der Waals surface area contributed by atoms with Crippen molar-refractivity contribution in [1.29, 1.82) is 0 Å². The summed E-state index contributed by atoms with van der Waals surface area (Å²) in [6.45, 7) is 5.26. The summed E-state index contributed by atoms with van der Waals surface area (Å²) in [7, 11) is 2.97. The molecule has 0 saturated heterocycles. The van der Waals surface area contributed by atoms with Crippen molar-refractivity contribution in [1.82, 2.24) is 4.98 Å². The Balaban J connectivity index is 3.13. The first-order valence-electron chi connectivity index (χ1n) is 6.11. The smallest absolute Gasteiger partial charge is 0.340 e. The molecule has 0 amide bonds. The van der Waals surface area contributed by atoms with Gasteiger partial charge in [0.1, 0.15) is 0 Å². The van der Waals surface area contributed by atoms with Gasteiger partial charge in [-0.3, -0.25) is 0 Å². The summed E-state index contributed by atoms with van der Waals surface area (Å²) in [4.78, 5) is 17.9. The molecule has 1 heterocycles. The van der Waals surface area contributed by atoms with Crippen LogP contribution in [0.5, 0.6) is 0 Å². The summed E-state index contributed by atoms with van der Waals surface area (Å²) in [5.74, 6) is 0.117. The van der Waals surface area contributed by atoms with Gasteiger partial charge in [0, 0.05) is 25.9 Å². The van der Waals surface area contributed by atoms with Crippen LogP contribution in [-0.4, -0.2) is 44.4 Å². The van der Waals surface area contributed by atoms with Gasteiger partial charge in [0.05, 0.1) is 25.0 Å². The number of rotatable bonds is 6. The monoisotopic (exact) mass is 267 g/mol. The summed E-state index contributed by atoms with van der Waals surface area (Å²) in [5, 5.41) is 0. The van der Waals surface area contributed by atoms with Crippen LogP contribution in [0.1, 0.15) is 24.2 Å². The lowest BCUT2D eigenvalue weighted by Gasteiger charge is -2.29. The van der Waals surface area contributed by atoms with Gasteiger partial charge in [0.15, 0.2) is 5.82 Å². The van der Waals surface area contributed by atoms with Crippen LogP contribution in [0, 0.1) is 0 Å². The molecule has 1 rings (SSSR count). The fourth-order valence-electron chi connectivity index (χ4n) is 1.78. The van der Waals surface area contributed by atoms with Crippen LogP contribution < -0.4 is 10.6 Å². The first-order chi connectivity index (χ1) is 9.02. The Labute approximate surface area is 113 Å². The van der Waals surface area contributed by atoms with Crippen molar-refractivity contribution < 1.29 is 14.3 Å². The van der Waals surface area contributed by atoms with E-state index in [4.69, 9.17) is 15.2 Å². The van der Waals surface area contributed by atoms with Crippen molar-refractivity contribution >= 4 is 17.5 Å². The van der Waals surface area contributed by atoms with Crippen molar-refractivity contribution in [2.24, 2.45) is 0 Å². The van der Waals surface area contributed by atoms with E-state index in [0.717, 1.165) is 0 Å². The van der Waals surface area contributed by atoms with Crippen LogP contribution >= 0.6 is 0 Å². The summed E-state index contributed by atoms with van der Waals surface area (Å²) in [5.41, 5.74) is 6.69. The van der Waals surface area contributed by atoms with Crippen LogP contribution in [0.3, 0.4) is 0 Å². The second-order valence-electron chi connectivity index (χ2n) is 4.37. The first kappa shape index (κ1) is 15.2. The molecule has 6 heteroatoms. The highest BCUT2D eigenvalue weighted by Crippen LogP contribution is 2.25. The number of hydrogen-bond acceptors (Lipinski definition) is 6. The van der Waals surface area contributed by atoms with E-state index in [0.29, 0.717) is 30.2 Å². The van der Waals surface area contributed by atoms with Crippen molar-refractivity contribution in [3.05, 3.63) is 17.8 Å². The average molecular weight is 267 g/mol. The Kier molecular flexibility index (Phi) is 5.57. The first-order valence-corrected chi connectivity index (χ1v) is 6.11. The summed E-state index contributed by atoms with van der Waals surface area (Å²) < 4.78 is 9.78. The molecule has 0 unspecified atom stereocenters. The minimum Gasteiger partial charge on any atom is -0.465 e. The summed E-state index contributed by atoms with van der Waals surface area (Å²) >= 11 is 0. The molecule has 1 aromatic rings. The number of nitrogens with zero attached hydrogens (tertiary/aromatic N) is 2. The Morgan fingerprint density at radius 2 is 2.16 bits per heavy atom. The Morgan fingerprint density at radius 1 is 1.47 bits per heavy atom. The molecule has 0 fully saturated rings. The number of esters is 1. The molecule has 0 bridgehead atoms. The number of anilines is 2. The molecule has 6 nitrogen and oxygen atoms in total. The third kappa shape index (κ3) is 3.57. The quantitative estimate of drug-likeness (QED) is 0.783. The molecule has 106 valence electrons. The molecule has 1 aromatic heterocycles. The third-order valence-corrected chi connectivity index (χ3v) is 2.81. The molecule has 0 aliphatic rings. The van der Waals surface area contributed by atoms with E-state index in [1.807, 2.05) is 18.7 Å². The Bertz CT molecular complexity index is 435. The minimum absolute atomic E-state index is 0.192. The number of nitrogens with two attached hydrogens (primary N) is 1. The van der Waals surface area contributed by atoms with Crippen LogP contribution in [0.4, 0.5) is 11.5 Å². The van der Waals surface area contributed by atoms with Crippen molar-refractivity contribution in [3.8, 4) is 0 Å². The molecule has 19 heavy (non-hydrogen) atoms. The second kappa shape index (κ2) is 6.94. The third-order valence-electron chi connectivity index (χ3n) is 2.81. The molecule has 0 saturated carbocycles. The van der Waals surface area contributed by atoms with Gasteiger partial charge in [-0.15, -0.1) is 0 Å². The largest absolute Gasteiger partial charge is 0.465 e. The predicted octanol–water partition coefficient (Wildman–Crippen LogP) is 1.31. The number of carbonyl (C=O) groups excluding carboxylic acids is 1. The Hall–Kier alpha value is -1.82. The maximum Gasteiger partial charge on any atom is 0.340 e. The molecule has 0 radical (unpaired) electrons. The van der Waals surface area contributed by atoms with Gasteiger partial charge in [0.25, 0.3) is 0 Å². The number of hydrogen-bond donors (Lipinski definition) is 1. The lowest BCUT2D eigenvalue weighted by molar-refractivity contribution is 0.0602. The van der Waals surface area contributed by atoms with Gasteiger partial charge in [-0.25, -0.2) is 9.78 Å². The lowest BCUT2D eigenvalue weighted by Crippen LogP contribution is -2.35. The van der Waals surface area contributed by atoms with Gasteiger partial charge < -0.3 is 20.1 Å². The second-order valence-corrected chi connectivity index (χ2v) is 4.37. The fraction of sp³-hybridized carbons (Fsp3) is 0.538. The van der Waals surface area contributed by atoms with Crippen LogP contribution in [0.15, 0.2) is 12.3 Å².